The highest BCUT2D eigenvalue weighted by atomic mass is 19.1. The molecule has 0 bridgehead atoms. The minimum absolute atomic E-state index is 0.201. The first-order valence-corrected chi connectivity index (χ1v) is 6.62. The van der Waals surface area contributed by atoms with E-state index in [1.807, 2.05) is 24.3 Å². The van der Waals surface area contributed by atoms with Crippen LogP contribution in [0.15, 0.2) is 42.5 Å². The van der Waals surface area contributed by atoms with Gasteiger partial charge in [-0.2, -0.15) is 0 Å². The predicted molar refractivity (Wildman–Crippen MR) is 74.5 cm³/mol. The van der Waals surface area contributed by atoms with Gasteiger partial charge in [0, 0.05) is 6.04 Å². The third-order valence-electron chi connectivity index (χ3n) is 3.34. The van der Waals surface area contributed by atoms with Gasteiger partial charge in [-0.05, 0) is 41.8 Å². The highest BCUT2D eigenvalue weighted by molar-refractivity contribution is 5.44. The Bertz CT molecular complexity index is 615. The van der Waals surface area contributed by atoms with Gasteiger partial charge in [-0.1, -0.05) is 18.2 Å². The van der Waals surface area contributed by atoms with E-state index in [1.165, 1.54) is 12.1 Å². The first-order valence-electron chi connectivity index (χ1n) is 6.62. The third kappa shape index (κ3) is 2.75. The van der Waals surface area contributed by atoms with Crippen molar-refractivity contribution in [3.8, 4) is 11.5 Å². The summed E-state index contributed by atoms with van der Waals surface area (Å²) in [5, 5.41) is 0. The Labute approximate surface area is 117 Å². The Kier molecular flexibility index (Phi) is 3.56. The van der Waals surface area contributed by atoms with E-state index in [9.17, 15) is 4.39 Å². The lowest BCUT2D eigenvalue weighted by atomic mass is 9.99. The average Bonchev–Trinajstić information content (AvgIpc) is 2.47. The molecular formula is C16H16FNO2. The van der Waals surface area contributed by atoms with E-state index in [-0.39, 0.29) is 11.9 Å². The Balaban J connectivity index is 1.78. The summed E-state index contributed by atoms with van der Waals surface area (Å²) in [4.78, 5) is 0. The molecule has 0 fully saturated rings. The molecule has 2 N–H and O–H groups in total. The molecule has 0 spiro atoms. The van der Waals surface area contributed by atoms with Crippen LogP contribution >= 0.6 is 0 Å². The molecule has 1 aliphatic heterocycles. The van der Waals surface area contributed by atoms with Gasteiger partial charge in [0.2, 0.25) is 0 Å². The van der Waals surface area contributed by atoms with Crippen molar-refractivity contribution in [2.24, 2.45) is 5.73 Å². The van der Waals surface area contributed by atoms with Crippen LogP contribution in [0.1, 0.15) is 17.2 Å². The maximum atomic E-state index is 13.2. The van der Waals surface area contributed by atoms with Crippen molar-refractivity contribution >= 4 is 0 Å². The molecule has 0 aliphatic carbocycles. The van der Waals surface area contributed by atoms with Crippen LogP contribution in [-0.2, 0) is 6.42 Å². The zero-order valence-electron chi connectivity index (χ0n) is 11.0. The van der Waals surface area contributed by atoms with Crippen molar-refractivity contribution in [1.82, 2.24) is 0 Å². The number of halogens is 1. The van der Waals surface area contributed by atoms with Gasteiger partial charge in [0.25, 0.3) is 0 Å². The van der Waals surface area contributed by atoms with E-state index in [4.69, 9.17) is 15.2 Å². The van der Waals surface area contributed by atoms with Gasteiger partial charge in [0.15, 0.2) is 11.5 Å². The number of ether oxygens (including phenoxy) is 2. The normalized spacial score (nSPS) is 14.9. The lowest BCUT2D eigenvalue weighted by Gasteiger charge is -2.20. The molecule has 1 atom stereocenters. The molecule has 4 heteroatoms. The molecule has 20 heavy (non-hydrogen) atoms. The number of fused-ring (bicyclic) bond motifs is 1. The van der Waals surface area contributed by atoms with Crippen molar-refractivity contribution in [3.63, 3.8) is 0 Å². The van der Waals surface area contributed by atoms with E-state index < -0.39 is 0 Å². The van der Waals surface area contributed by atoms with E-state index in [0.29, 0.717) is 19.6 Å². The molecule has 1 aliphatic rings. The van der Waals surface area contributed by atoms with Crippen LogP contribution in [0.5, 0.6) is 11.5 Å². The van der Waals surface area contributed by atoms with Crippen LogP contribution < -0.4 is 15.2 Å². The minimum atomic E-state index is -0.239. The topological polar surface area (TPSA) is 44.5 Å². The van der Waals surface area contributed by atoms with Crippen LogP contribution in [0.4, 0.5) is 4.39 Å². The van der Waals surface area contributed by atoms with Gasteiger partial charge in [-0.3, -0.25) is 0 Å². The molecule has 0 radical (unpaired) electrons. The molecule has 0 aromatic heterocycles. The Morgan fingerprint density at radius 1 is 1.05 bits per heavy atom. The number of benzene rings is 2. The van der Waals surface area contributed by atoms with Gasteiger partial charge in [-0.15, -0.1) is 0 Å². The van der Waals surface area contributed by atoms with Crippen LogP contribution in [0.2, 0.25) is 0 Å². The molecule has 0 amide bonds. The molecule has 3 nitrogen and oxygen atoms in total. The molecule has 1 unspecified atom stereocenters. The number of hydrogen-bond acceptors (Lipinski definition) is 3. The van der Waals surface area contributed by atoms with E-state index in [0.717, 1.165) is 22.6 Å². The molecule has 0 saturated carbocycles. The molecule has 1 heterocycles. The smallest absolute Gasteiger partial charge is 0.161 e. The molecule has 0 saturated heterocycles. The van der Waals surface area contributed by atoms with Crippen LogP contribution in [-0.4, -0.2) is 13.2 Å². The first-order chi connectivity index (χ1) is 9.72. The van der Waals surface area contributed by atoms with Gasteiger partial charge < -0.3 is 15.2 Å². The highest BCUT2D eigenvalue weighted by Crippen LogP contribution is 2.32. The van der Waals surface area contributed by atoms with Crippen molar-refractivity contribution in [1.29, 1.82) is 0 Å². The van der Waals surface area contributed by atoms with Crippen molar-refractivity contribution < 1.29 is 13.9 Å². The number of nitrogens with two attached hydrogens (primary N) is 1. The van der Waals surface area contributed by atoms with Gasteiger partial charge in [0.1, 0.15) is 19.0 Å². The summed E-state index contributed by atoms with van der Waals surface area (Å²) in [6.45, 7) is 1.12. The molecule has 2 aromatic rings. The molecule has 104 valence electrons. The van der Waals surface area contributed by atoms with E-state index >= 15 is 0 Å². The SMILES string of the molecule is NC(Cc1cccc(F)c1)c1ccc2c(c1)OCCO2. The number of rotatable bonds is 3. The molecular weight excluding hydrogens is 257 g/mol. The van der Waals surface area contributed by atoms with E-state index in [1.54, 1.807) is 6.07 Å². The quantitative estimate of drug-likeness (QED) is 0.935. The largest absolute Gasteiger partial charge is 0.486 e. The third-order valence-corrected chi connectivity index (χ3v) is 3.34. The fourth-order valence-electron chi connectivity index (χ4n) is 2.33. The number of hydrogen-bond donors (Lipinski definition) is 1. The average molecular weight is 273 g/mol. The van der Waals surface area contributed by atoms with Crippen LogP contribution in [0.25, 0.3) is 0 Å². The lowest BCUT2D eigenvalue weighted by Crippen LogP contribution is -2.17. The van der Waals surface area contributed by atoms with Crippen molar-refractivity contribution in [3.05, 3.63) is 59.4 Å². The Morgan fingerprint density at radius 3 is 2.65 bits per heavy atom. The Morgan fingerprint density at radius 2 is 1.85 bits per heavy atom. The van der Waals surface area contributed by atoms with Crippen LogP contribution in [0, 0.1) is 5.82 Å². The Hall–Kier alpha value is -2.07. The summed E-state index contributed by atoms with van der Waals surface area (Å²) in [5.41, 5.74) is 8.03. The predicted octanol–water partition coefficient (Wildman–Crippen LogP) is 2.84. The lowest BCUT2D eigenvalue weighted by molar-refractivity contribution is 0.171. The zero-order chi connectivity index (χ0) is 13.9. The minimum Gasteiger partial charge on any atom is -0.486 e. The summed E-state index contributed by atoms with van der Waals surface area (Å²) < 4.78 is 24.2. The summed E-state index contributed by atoms with van der Waals surface area (Å²) in [7, 11) is 0. The standard InChI is InChI=1S/C16H16FNO2/c17-13-3-1-2-11(8-13)9-14(18)12-4-5-15-16(10-12)20-7-6-19-15/h1-5,8,10,14H,6-7,9,18H2. The monoisotopic (exact) mass is 273 g/mol. The summed E-state index contributed by atoms with van der Waals surface area (Å²) in [6, 6.07) is 12.0. The van der Waals surface area contributed by atoms with Crippen molar-refractivity contribution in [2.75, 3.05) is 13.2 Å². The fourth-order valence-corrected chi connectivity index (χ4v) is 2.33. The van der Waals surface area contributed by atoms with Gasteiger partial charge in [0.05, 0.1) is 0 Å². The van der Waals surface area contributed by atoms with Gasteiger partial charge in [-0.25, -0.2) is 4.39 Å². The summed E-state index contributed by atoms with van der Waals surface area (Å²) in [5.74, 6) is 1.23. The second-order valence-corrected chi connectivity index (χ2v) is 4.84. The maximum absolute atomic E-state index is 13.2. The zero-order valence-corrected chi connectivity index (χ0v) is 11.0. The fraction of sp³-hybridized carbons (Fsp3) is 0.250. The highest BCUT2D eigenvalue weighted by Gasteiger charge is 2.15. The first kappa shape index (κ1) is 12.9. The maximum Gasteiger partial charge on any atom is 0.161 e. The summed E-state index contributed by atoms with van der Waals surface area (Å²) in [6.07, 6.45) is 0.581. The second kappa shape index (κ2) is 5.51. The van der Waals surface area contributed by atoms with Crippen LogP contribution in [0.3, 0.4) is 0 Å². The van der Waals surface area contributed by atoms with E-state index in [2.05, 4.69) is 0 Å². The summed E-state index contributed by atoms with van der Waals surface area (Å²) >= 11 is 0. The molecule has 3 rings (SSSR count). The van der Waals surface area contributed by atoms with Crippen molar-refractivity contribution in [2.45, 2.75) is 12.5 Å². The molecule has 2 aromatic carbocycles. The second-order valence-electron chi connectivity index (χ2n) is 4.84. The van der Waals surface area contributed by atoms with Gasteiger partial charge >= 0.3 is 0 Å².